The van der Waals surface area contributed by atoms with Crippen LogP contribution in [0.15, 0.2) is 12.2 Å². The van der Waals surface area contributed by atoms with Crippen LogP contribution in [0.4, 0.5) is 0 Å². The van der Waals surface area contributed by atoms with Gasteiger partial charge in [0.1, 0.15) is 0 Å². The highest BCUT2D eigenvalue weighted by Crippen LogP contribution is 2.58. The van der Waals surface area contributed by atoms with Gasteiger partial charge in [-0.15, -0.1) is 0 Å². The van der Waals surface area contributed by atoms with Gasteiger partial charge in [-0.3, -0.25) is 0 Å². The van der Waals surface area contributed by atoms with E-state index in [4.69, 9.17) is 0 Å². The molecular formula is C11H17Br. The van der Waals surface area contributed by atoms with E-state index in [0.29, 0.717) is 5.41 Å². The highest BCUT2D eigenvalue weighted by atomic mass is 79.9. The molecule has 0 aromatic heterocycles. The lowest BCUT2D eigenvalue weighted by Crippen LogP contribution is -2.10. The monoisotopic (exact) mass is 228 g/mol. The van der Waals surface area contributed by atoms with Crippen LogP contribution in [0.1, 0.15) is 32.6 Å². The molecule has 1 heteroatoms. The van der Waals surface area contributed by atoms with Gasteiger partial charge in [0, 0.05) is 5.33 Å². The molecule has 12 heavy (non-hydrogen) atoms. The van der Waals surface area contributed by atoms with Crippen LogP contribution in [0.5, 0.6) is 0 Å². The Morgan fingerprint density at radius 3 is 2.42 bits per heavy atom. The van der Waals surface area contributed by atoms with Gasteiger partial charge in [0.2, 0.25) is 0 Å². The molecule has 0 heterocycles. The Kier molecular flexibility index (Phi) is 2.33. The maximum absolute atomic E-state index is 3.66. The Hall–Kier alpha value is 0.220. The molecule has 0 nitrogen and oxygen atoms in total. The summed E-state index contributed by atoms with van der Waals surface area (Å²) >= 11 is 3.66. The van der Waals surface area contributed by atoms with Crippen LogP contribution < -0.4 is 0 Å². The zero-order valence-corrected chi connectivity index (χ0v) is 9.31. The van der Waals surface area contributed by atoms with E-state index in [1.54, 1.807) is 0 Å². The van der Waals surface area contributed by atoms with Gasteiger partial charge in [-0.05, 0) is 42.9 Å². The van der Waals surface area contributed by atoms with Crippen LogP contribution in [-0.4, -0.2) is 5.33 Å². The zero-order chi connectivity index (χ0) is 8.60. The molecule has 1 saturated carbocycles. The van der Waals surface area contributed by atoms with Crippen LogP contribution in [0.2, 0.25) is 0 Å². The third kappa shape index (κ3) is 1.48. The van der Waals surface area contributed by atoms with Gasteiger partial charge >= 0.3 is 0 Å². The molecule has 2 rings (SSSR count). The van der Waals surface area contributed by atoms with Gasteiger partial charge < -0.3 is 0 Å². The van der Waals surface area contributed by atoms with Crippen molar-refractivity contribution in [2.75, 3.05) is 5.33 Å². The minimum Gasteiger partial charge on any atom is -0.0922 e. The topological polar surface area (TPSA) is 0 Å². The summed E-state index contributed by atoms with van der Waals surface area (Å²) in [6, 6.07) is 0. The molecule has 0 N–H and O–H groups in total. The van der Waals surface area contributed by atoms with Gasteiger partial charge in [0.15, 0.2) is 0 Å². The van der Waals surface area contributed by atoms with E-state index < -0.39 is 0 Å². The molecule has 0 radical (unpaired) electrons. The molecule has 0 spiro atoms. The number of halogens is 1. The Morgan fingerprint density at radius 1 is 1.42 bits per heavy atom. The third-order valence-electron chi connectivity index (χ3n) is 3.66. The van der Waals surface area contributed by atoms with E-state index in [9.17, 15) is 0 Å². The van der Waals surface area contributed by atoms with E-state index >= 15 is 0 Å². The maximum Gasteiger partial charge on any atom is 0.00907 e. The molecule has 1 fully saturated rings. The summed E-state index contributed by atoms with van der Waals surface area (Å²) < 4.78 is 0. The maximum atomic E-state index is 3.66. The fraction of sp³-hybridized carbons (Fsp3) is 0.818. The van der Waals surface area contributed by atoms with E-state index in [1.165, 1.54) is 31.0 Å². The fourth-order valence-electron chi connectivity index (χ4n) is 2.49. The molecule has 2 unspecified atom stereocenters. The molecule has 0 bridgehead atoms. The Bertz CT molecular complexity index is 185. The van der Waals surface area contributed by atoms with Gasteiger partial charge in [-0.25, -0.2) is 0 Å². The van der Waals surface area contributed by atoms with Gasteiger partial charge in [-0.2, -0.15) is 0 Å². The Labute approximate surface area is 83.6 Å². The summed E-state index contributed by atoms with van der Waals surface area (Å²) in [4.78, 5) is 0. The first-order valence-corrected chi connectivity index (χ1v) is 6.10. The number of rotatable bonds is 3. The van der Waals surface area contributed by atoms with Crippen LogP contribution >= 0.6 is 15.9 Å². The molecule has 0 aromatic rings. The Morgan fingerprint density at radius 2 is 2.00 bits per heavy atom. The smallest absolute Gasteiger partial charge is 0.00907 e. The van der Waals surface area contributed by atoms with E-state index in [1.807, 2.05) is 0 Å². The summed E-state index contributed by atoms with van der Waals surface area (Å²) in [5.41, 5.74) is 0.691. The van der Waals surface area contributed by atoms with Crippen molar-refractivity contribution < 1.29 is 0 Å². The normalized spacial score (nSPS) is 40.7. The van der Waals surface area contributed by atoms with Crippen LogP contribution in [-0.2, 0) is 0 Å². The largest absolute Gasteiger partial charge is 0.0922 e. The number of alkyl halides is 1. The quantitative estimate of drug-likeness (QED) is 0.510. The van der Waals surface area contributed by atoms with Crippen LogP contribution in [0.25, 0.3) is 0 Å². The van der Waals surface area contributed by atoms with Crippen molar-refractivity contribution in [3.8, 4) is 0 Å². The molecule has 2 aliphatic carbocycles. The lowest BCUT2D eigenvalue weighted by molar-refractivity contribution is 0.376. The Balaban J connectivity index is 1.86. The molecule has 0 aliphatic heterocycles. The fourth-order valence-corrected chi connectivity index (χ4v) is 3.50. The summed E-state index contributed by atoms with van der Waals surface area (Å²) in [6.45, 7) is 2.39. The average Bonchev–Trinajstić information content (AvgIpc) is 2.51. The molecule has 0 amide bonds. The predicted molar refractivity (Wildman–Crippen MR) is 56.5 cm³/mol. The predicted octanol–water partition coefficient (Wildman–Crippen LogP) is 3.76. The minimum absolute atomic E-state index is 0.691. The van der Waals surface area contributed by atoms with Crippen LogP contribution in [0, 0.1) is 17.3 Å². The first kappa shape index (κ1) is 8.80. The van der Waals surface area contributed by atoms with Crippen molar-refractivity contribution in [2.24, 2.45) is 17.3 Å². The highest BCUT2D eigenvalue weighted by molar-refractivity contribution is 9.09. The molecule has 2 aliphatic rings. The highest BCUT2D eigenvalue weighted by Gasteiger charge is 2.50. The number of hydrogen-bond donors (Lipinski definition) is 0. The van der Waals surface area contributed by atoms with Gasteiger partial charge in [-0.1, -0.05) is 35.0 Å². The summed E-state index contributed by atoms with van der Waals surface area (Å²) in [5, 5.41) is 1.22. The second-order valence-corrected chi connectivity index (χ2v) is 5.17. The van der Waals surface area contributed by atoms with Crippen molar-refractivity contribution in [3.63, 3.8) is 0 Å². The summed E-state index contributed by atoms with van der Waals surface area (Å²) in [7, 11) is 0. The molecule has 0 saturated heterocycles. The first-order chi connectivity index (χ1) is 5.77. The third-order valence-corrected chi connectivity index (χ3v) is 4.78. The minimum atomic E-state index is 0.691. The van der Waals surface area contributed by atoms with Crippen molar-refractivity contribution in [3.05, 3.63) is 12.2 Å². The molecule has 2 atom stereocenters. The van der Waals surface area contributed by atoms with E-state index in [2.05, 4.69) is 35.0 Å². The van der Waals surface area contributed by atoms with Crippen LogP contribution in [0.3, 0.4) is 0 Å². The second-order valence-electron chi connectivity index (χ2n) is 4.61. The summed E-state index contributed by atoms with van der Waals surface area (Å²) in [6.07, 6.45) is 10.3. The van der Waals surface area contributed by atoms with Crippen molar-refractivity contribution >= 4 is 15.9 Å². The average molecular weight is 229 g/mol. The summed E-state index contributed by atoms with van der Waals surface area (Å²) in [5.74, 6) is 1.94. The van der Waals surface area contributed by atoms with E-state index in [0.717, 1.165) is 11.8 Å². The SMILES string of the molecule is CC1CC1(CBr)CC1CC=CC1. The molecule has 0 aromatic carbocycles. The zero-order valence-electron chi connectivity index (χ0n) is 7.72. The van der Waals surface area contributed by atoms with Crippen molar-refractivity contribution in [2.45, 2.75) is 32.6 Å². The second kappa shape index (κ2) is 3.17. The standard InChI is InChI=1S/C11H17Br/c1-9-6-11(9,8-12)7-10-4-2-3-5-10/h2-3,9-10H,4-8H2,1H3. The number of hydrogen-bond acceptors (Lipinski definition) is 0. The lowest BCUT2D eigenvalue weighted by Gasteiger charge is -2.17. The first-order valence-electron chi connectivity index (χ1n) is 4.98. The lowest BCUT2D eigenvalue weighted by atomic mass is 9.90. The van der Waals surface area contributed by atoms with E-state index in [-0.39, 0.29) is 0 Å². The van der Waals surface area contributed by atoms with Gasteiger partial charge in [0.25, 0.3) is 0 Å². The van der Waals surface area contributed by atoms with Crippen molar-refractivity contribution in [1.29, 1.82) is 0 Å². The molecular weight excluding hydrogens is 212 g/mol. The number of allylic oxidation sites excluding steroid dienone is 2. The van der Waals surface area contributed by atoms with Crippen molar-refractivity contribution in [1.82, 2.24) is 0 Å². The molecule has 68 valence electrons. The van der Waals surface area contributed by atoms with Gasteiger partial charge in [0.05, 0.1) is 0 Å².